The first kappa shape index (κ1) is 14.4. The van der Waals surface area contributed by atoms with Crippen molar-refractivity contribution < 1.29 is 0 Å². The van der Waals surface area contributed by atoms with Crippen molar-refractivity contribution in [3.8, 4) is 0 Å². The molecule has 0 fully saturated rings. The Morgan fingerprint density at radius 3 is 2.56 bits per heavy atom. The van der Waals surface area contributed by atoms with Gasteiger partial charge >= 0.3 is 0 Å². The second-order valence-corrected chi connectivity index (χ2v) is 3.08. The molecule has 0 aliphatic carbocycles. The number of hydrogen-bond donors (Lipinski definition) is 0. The summed E-state index contributed by atoms with van der Waals surface area (Å²) < 4.78 is 1.86. The van der Waals surface area contributed by atoms with E-state index in [2.05, 4.69) is 30.8 Å². The van der Waals surface area contributed by atoms with Gasteiger partial charge in [-0.05, 0) is 31.1 Å². The van der Waals surface area contributed by atoms with Gasteiger partial charge in [0.1, 0.15) is 0 Å². The van der Waals surface area contributed by atoms with Gasteiger partial charge in [0.05, 0.1) is 5.70 Å². The summed E-state index contributed by atoms with van der Waals surface area (Å²) in [7, 11) is 0. The molecule has 0 saturated heterocycles. The maximum atomic E-state index is 4.19. The van der Waals surface area contributed by atoms with Crippen LogP contribution in [0.5, 0.6) is 0 Å². The van der Waals surface area contributed by atoms with Crippen LogP contribution in [0, 0.1) is 0 Å². The zero-order chi connectivity index (χ0) is 12.4. The second kappa shape index (κ2) is 8.72. The number of aromatic nitrogens is 2. The summed E-state index contributed by atoms with van der Waals surface area (Å²) in [5.41, 5.74) is 2.23. The van der Waals surface area contributed by atoms with Crippen LogP contribution in [0.1, 0.15) is 34.1 Å². The van der Waals surface area contributed by atoms with E-state index in [-0.39, 0.29) is 0 Å². The molecule has 2 heteroatoms. The smallest absolute Gasteiger partial charge is 0.0608 e. The van der Waals surface area contributed by atoms with Crippen LogP contribution in [-0.2, 0) is 0 Å². The van der Waals surface area contributed by atoms with Gasteiger partial charge < -0.3 is 0 Å². The first-order valence-corrected chi connectivity index (χ1v) is 5.78. The standard InChI is InChI=1S/C12H16N2.C2H6/c1-4-7-12(10-11(3)5-2)14-9-6-8-13-14;1-2/h5-10H,2,4H2,1,3H3;1-2H3/b11-10-,12-7+;. The summed E-state index contributed by atoms with van der Waals surface area (Å²) in [6.07, 6.45) is 10.8. The lowest BCUT2D eigenvalue weighted by atomic mass is 10.2. The fourth-order valence-electron chi connectivity index (χ4n) is 1.14. The Hall–Kier alpha value is -1.57. The summed E-state index contributed by atoms with van der Waals surface area (Å²) in [4.78, 5) is 0. The zero-order valence-electron chi connectivity index (χ0n) is 10.8. The highest BCUT2D eigenvalue weighted by Gasteiger charge is 1.95. The zero-order valence-corrected chi connectivity index (χ0v) is 10.8. The Labute approximate surface area is 99.0 Å². The van der Waals surface area contributed by atoms with Crippen molar-refractivity contribution in [2.24, 2.45) is 0 Å². The predicted molar refractivity (Wildman–Crippen MR) is 72.1 cm³/mol. The Bertz CT molecular complexity index is 343. The maximum Gasteiger partial charge on any atom is 0.0608 e. The molecule has 0 unspecified atom stereocenters. The van der Waals surface area contributed by atoms with E-state index in [1.807, 2.05) is 43.8 Å². The Balaban J connectivity index is 0.00000106. The summed E-state index contributed by atoms with van der Waals surface area (Å²) in [5.74, 6) is 0. The lowest BCUT2D eigenvalue weighted by molar-refractivity contribution is 0.903. The molecule has 88 valence electrons. The van der Waals surface area contributed by atoms with Crippen molar-refractivity contribution in [1.29, 1.82) is 0 Å². The van der Waals surface area contributed by atoms with Crippen LogP contribution in [0.3, 0.4) is 0 Å². The van der Waals surface area contributed by atoms with Gasteiger partial charge in [0.25, 0.3) is 0 Å². The molecule has 16 heavy (non-hydrogen) atoms. The topological polar surface area (TPSA) is 17.8 Å². The molecule has 1 aromatic rings. The maximum absolute atomic E-state index is 4.19. The first-order valence-electron chi connectivity index (χ1n) is 5.78. The largest absolute Gasteiger partial charge is 0.241 e. The van der Waals surface area contributed by atoms with E-state index in [0.717, 1.165) is 17.7 Å². The highest BCUT2D eigenvalue weighted by molar-refractivity contribution is 5.58. The summed E-state index contributed by atoms with van der Waals surface area (Å²) in [6, 6.07) is 1.92. The van der Waals surface area contributed by atoms with Crippen LogP contribution in [0.4, 0.5) is 0 Å². The van der Waals surface area contributed by atoms with Crippen molar-refractivity contribution in [2.75, 3.05) is 0 Å². The van der Waals surface area contributed by atoms with E-state index in [1.54, 1.807) is 6.20 Å². The molecular formula is C14H22N2. The quantitative estimate of drug-likeness (QED) is 0.689. The van der Waals surface area contributed by atoms with Crippen molar-refractivity contribution >= 4 is 5.70 Å². The number of allylic oxidation sites excluding steroid dienone is 5. The van der Waals surface area contributed by atoms with Gasteiger partial charge in [0.2, 0.25) is 0 Å². The molecule has 2 nitrogen and oxygen atoms in total. The van der Waals surface area contributed by atoms with Gasteiger partial charge in [-0.15, -0.1) is 0 Å². The molecule has 0 atom stereocenters. The lowest BCUT2D eigenvalue weighted by Gasteiger charge is -2.02. The van der Waals surface area contributed by atoms with Crippen LogP contribution in [0.15, 0.2) is 48.8 Å². The molecule has 0 N–H and O–H groups in total. The first-order chi connectivity index (χ1) is 7.77. The van der Waals surface area contributed by atoms with Gasteiger partial charge in [-0.3, -0.25) is 0 Å². The third kappa shape index (κ3) is 4.78. The van der Waals surface area contributed by atoms with Gasteiger partial charge in [-0.25, -0.2) is 4.68 Å². The van der Waals surface area contributed by atoms with Crippen LogP contribution < -0.4 is 0 Å². The molecule has 1 aromatic heterocycles. The highest BCUT2D eigenvalue weighted by atomic mass is 15.3. The average Bonchev–Trinajstić information content (AvgIpc) is 2.84. The molecule has 0 saturated carbocycles. The third-order valence-corrected chi connectivity index (χ3v) is 1.88. The minimum Gasteiger partial charge on any atom is -0.241 e. The molecular weight excluding hydrogens is 196 g/mol. The molecule has 0 spiro atoms. The predicted octanol–water partition coefficient (Wildman–Crippen LogP) is 4.29. The minimum absolute atomic E-state index is 0.996. The van der Waals surface area contributed by atoms with Crippen molar-refractivity contribution in [3.63, 3.8) is 0 Å². The Kier molecular flexibility index (Phi) is 7.86. The molecule has 0 aliphatic rings. The van der Waals surface area contributed by atoms with Crippen LogP contribution in [0.2, 0.25) is 0 Å². The van der Waals surface area contributed by atoms with Gasteiger partial charge in [-0.1, -0.05) is 39.5 Å². The van der Waals surface area contributed by atoms with Gasteiger partial charge in [-0.2, -0.15) is 5.10 Å². The monoisotopic (exact) mass is 218 g/mol. The van der Waals surface area contributed by atoms with E-state index in [4.69, 9.17) is 0 Å². The molecule has 0 radical (unpaired) electrons. The fraction of sp³-hybridized carbons (Fsp3) is 0.357. The normalized spacial score (nSPS) is 11.8. The van der Waals surface area contributed by atoms with E-state index in [1.165, 1.54) is 0 Å². The molecule has 1 heterocycles. The van der Waals surface area contributed by atoms with Crippen LogP contribution in [-0.4, -0.2) is 9.78 Å². The van der Waals surface area contributed by atoms with Gasteiger partial charge in [0, 0.05) is 12.4 Å². The Morgan fingerprint density at radius 1 is 1.44 bits per heavy atom. The van der Waals surface area contributed by atoms with Crippen molar-refractivity contribution in [3.05, 3.63) is 48.8 Å². The number of rotatable bonds is 4. The second-order valence-electron chi connectivity index (χ2n) is 3.08. The average molecular weight is 218 g/mol. The molecule has 0 aliphatic heterocycles. The molecule has 0 aromatic carbocycles. The van der Waals surface area contributed by atoms with E-state index >= 15 is 0 Å². The van der Waals surface area contributed by atoms with E-state index in [0.29, 0.717) is 0 Å². The minimum atomic E-state index is 0.996. The third-order valence-electron chi connectivity index (χ3n) is 1.88. The molecule has 0 amide bonds. The van der Waals surface area contributed by atoms with Gasteiger partial charge in [0.15, 0.2) is 0 Å². The van der Waals surface area contributed by atoms with Crippen molar-refractivity contribution in [2.45, 2.75) is 34.1 Å². The summed E-state index contributed by atoms with van der Waals surface area (Å²) >= 11 is 0. The molecule has 0 bridgehead atoms. The van der Waals surface area contributed by atoms with E-state index in [9.17, 15) is 0 Å². The SMILES string of the molecule is C=C/C(C)=C\C(=C/CC)n1cccn1.CC. The Morgan fingerprint density at radius 2 is 2.12 bits per heavy atom. The van der Waals surface area contributed by atoms with E-state index < -0.39 is 0 Å². The van der Waals surface area contributed by atoms with Crippen LogP contribution in [0.25, 0.3) is 5.70 Å². The van der Waals surface area contributed by atoms with Crippen LogP contribution >= 0.6 is 0 Å². The lowest BCUT2D eigenvalue weighted by Crippen LogP contribution is -1.95. The number of nitrogens with zero attached hydrogens (tertiary/aromatic N) is 2. The summed E-state index contributed by atoms with van der Waals surface area (Å²) in [5, 5.41) is 4.19. The number of hydrogen-bond acceptors (Lipinski definition) is 1. The van der Waals surface area contributed by atoms with Crippen molar-refractivity contribution in [1.82, 2.24) is 9.78 Å². The highest BCUT2D eigenvalue weighted by Crippen LogP contribution is 2.09. The fourth-order valence-corrected chi connectivity index (χ4v) is 1.14. The summed E-state index contributed by atoms with van der Waals surface area (Å²) in [6.45, 7) is 11.9. The molecule has 1 rings (SSSR count).